The Kier molecular flexibility index (Phi) is 2.44. The molecule has 19 heavy (non-hydrogen) atoms. The predicted molar refractivity (Wildman–Crippen MR) is 59.4 cm³/mol. The molecule has 2 heterocycles. The topological polar surface area (TPSA) is 36.3 Å². The van der Waals surface area contributed by atoms with Crippen LogP contribution in [0.25, 0.3) is 5.69 Å². The number of aryl methyl sites for hydroxylation is 1. The van der Waals surface area contributed by atoms with Gasteiger partial charge < -0.3 is 9.47 Å². The van der Waals surface area contributed by atoms with Crippen molar-refractivity contribution in [3.63, 3.8) is 0 Å². The van der Waals surface area contributed by atoms with Gasteiger partial charge >= 0.3 is 6.18 Å². The lowest BCUT2D eigenvalue weighted by atomic mass is 10.2. The average molecular weight is 270 g/mol. The fourth-order valence-corrected chi connectivity index (χ4v) is 2.04. The molecule has 1 aliphatic rings. The lowest BCUT2D eigenvalue weighted by Crippen LogP contribution is -2.15. The Hall–Kier alpha value is -2.18. The molecular formula is C12H9F3N2O2. The number of halogens is 3. The summed E-state index contributed by atoms with van der Waals surface area (Å²) in [6.07, 6.45) is -3.30. The minimum absolute atomic E-state index is 0.00600. The van der Waals surface area contributed by atoms with E-state index in [0.29, 0.717) is 5.75 Å². The fraction of sp³-hybridized carbons (Fsp3) is 0.250. The van der Waals surface area contributed by atoms with E-state index in [4.69, 9.17) is 9.47 Å². The van der Waals surface area contributed by atoms with Gasteiger partial charge in [-0.2, -0.15) is 18.3 Å². The van der Waals surface area contributed by atoms with Crippen molar-refractivity contribution in [3.8, 4) is 17.2 Å². The number of para-hydroxylation sites is 1. The Morgan fingerprint density at radius 1 is 1.26 bits per heavy atom. The lowest BCUT2D eigenvalue weighted by molar-refractivity contribution is -0.143. The van der Waals surface area contributed by atoms with Crippen LogP contribution in [0.15, 0.2) is 24.4 Å². The zero-order chi connectivity index (χ0) is 13.6. The molecule has 0 saturated carbocycles. The Labute approximate surface area is 106 Å². The largest absolute Gasteiger partial charge is 0.454 e. The van der Waals surface area contributed by atoms with Crippen molar-refractivity contribution < 1.29 is 22.6 Å². The molecule has 0 atom stereocenters. The molecule has 3 rings (SSSR count). The Morgan fingerprint density at radius 3 is 2.79 bits per heavy atom. The molecule has 0 radical (unpaired) electrons. The van der Waals surface area contributed by atoms with Crippen molar-refractivity contribution >= 4 is 0 Å². The van der Waals surface area contributed by atoms with Gasteiger partial charge in [-0.15, -0.1) is 0 Å². The molecule has 4 nitrogen and oxygen atoms in total. The second-order valence-electron chi connectivity index (χ2n) is 4.10. The van der Waals surface area contributed by atoms with Crippen LogP contribution in [0.3, 0.4) is 0 Å². The van der Waals surface area contributed by atoms with E-state index in [9.17, 15) is 13.2 Å². The number of fused-ring (bicyclic) bond motifs is 1. The van der Waals surface area contributed by atoms with E-state index in [1.54, 1.807) is 12.1 Å². The van der Waals surface area contributed by atoms with Crippen LogP contribution in [-0.2, 0) is 6.18 Å². The maximum atomic E-state index is 13.0. The molecule has 7 heteroatoms. The monoisotopic (exact) mass is 270 g/mol. The minimum Gasteiger partial charge on any atom is -0.454 e. The fourth-order valence-electron chi connectivity index (χ4n) is 2.04. The van der Waals surface area contributed by atoms with Crippen LogP contribution >= 0.6 is 0 Å². The SMILES string of the molecule is Cc1cnn(-c2cccc3c2OCO3)c1C(F)(F)F. The number of hydrogen-bond acceptors (Lipinski definition) is 3. The summed E-state index contributed by atoms with van der Waals surface area (Å²) in [5.41, 5.74) is -0.532. The first-order valence-corrected chi connectivity index (χ1v) is 5.49. The van der Waals surface area contributed by atoms with E-state index >= 15 is 0 Å². The van der Waals surface area contributed by atoms with Crippen LogP contribution in [0.2, 0.25) is 0 Å². The Balaban J connectivity index is 2.22. The highest BCUT2D eigenvalue weighted by Gasteiger charge is 2.38. The molecule has 0 saturated heterocycles. The molecule has 0 bridgehead atoms. The molecule has 0 fully saturated rings. The van der Waals surface area contributed by atoms with Crippen molar-refractivity contribution in [2.45, 2.75) is 13.1 Å². The molecular weight excluding hydrogens is 261 g/mol. The third-order valence-corrected chi connectivity index (χ3v) is 2.82. The molecule has 0 spiro atoms. The van der Waals surface area contributed by atoms with Gasteiger partial charge in [-0.1, -0.05) is 6.07 Å². The van der Waals surface area contributed by atoms with Gasteiger partial charge in [-0.05, 0) is 24.6 Å². The maximum absolute atomic E-state index is 13.0. The highest BCUT2D eigenvalue weighted by Crippen LogP contribution is 2.40. The van der Waals surface area contributed by atoms with Gasteiger partial charge in [0, 0.05) is 0 Å². The normalized spacial score (nSPS) is 13.9. The zero-order valence-electron chi connectivity index (χ0n) is 9.86. The first-order chi connectivity index (χ1) is 8.98. The second-order valence-corrected chi connectivity index (χ2v) is 4.10. The number of aromatic nitrogens is 2. The number of hydrogen-bond donors (Lipinski definition) is 0. The maximum Gasteiger partial charge on any atom is 0.433 e. The van der Waals surface area contributed by atoms with Gasteiger partial charge in [0.1, 0.15) is 5.69 Å². The summed E-state index contributed by atoms with van der Waals surface area (Å²) in [7, 11) is 0. The van der Waals surface area contributed by atoms with Crippen molar-refractivity contribution in [3.05, 3.63) is 35.7 Å². The highest BCUT2D eigenvalue weighted by molar-refractivity contribution is 5.57. The van der Waals surface area contributed by atoms with E-state index < -0.39 is 11.9 Å². The number of benzene rings is 1. The Morgan fingerprint density at radius 2 is 2.05 bits per heavy atom. The highest BCUT2D eigenvalue weighted by atomic mass is 19.4. The van der Waals surface area contributed by atoms with Gasteiger partial charge in [0.05, 0.1) is 6.20 Å². The molecule has 0 amide bonds. The third kappa shape index (κ3) is 1.81. The summed E-state index contributed by atoms with van der Waals surface area (Å²) in [6.45, 7) is 1.36. The number of rotatable bonds is 1. The predicted octanol–water partition coefficient (Wildman–Crippen LogP) is 2.93. The first-order valence-electron chi connectivity index (χ1n) is 5.49. The molecule has 100 valence electrons. The van der Waals surface area contributed by atoms with Gasteiger partial charge in [0.25, 0.3) is 0 Å². The molecule has 0 aliphatic carbocycles. The van der Waals surface area contributed by atoms with Crippen molar-refractivity contribution in [2.24, 2.45) is 0 Å². The zero-order valence-corrected chi connectivity index (χ0v) is 9.86. The quantitative estimate of drug-likeness (QED) is 0.799. The summed E-state index contributed by atoms with van der Waals surface area (Å²) < 4.78 is 50.3. The van der Waals surface area contributed by atoms with Gasteiger partial charge in [0.15, 0.2) is 17.2 Å². The van der Waals surface area contributed by atoms with E-state index in [1.807, 2.05) is 0 Å². The van der Waals surface area contributed by atoms with Crippen molar-refractivity contribution in [2.75, 3.05) is 6.79 Å². The smallest absolute Gasteiger partial charge is 0.433 e. The lowest BCUT2D eigenvalue weighted by Gasteiger charge is -2.13. The molecule has 1 aromatic heterocycles. The van der Waals surface area contributed by atoms with Gasteiger partial charge in [-0.25, -0.2) is 4.68 Å². The average Bonchev–Trinajstić information content (AvgIpc) is 2.93. The van der Waals surface area contributed by atoms with Crippen molar-refractivity contribution in [1.82, 2.24) is 9.78 Å². The van der Waals surface area contributed by atoms with Crippen LogP contribution in [0.4, 0.5) is 13.2 Å². The van der Waals surface area contributed by atoms with E-state index in [1.165, 1.54) is 19.2 Å². The summed E-state index contributed by atoms with van der Waals surface area (Å²) in [5.74, 6) is 0.690. The van der Waals surface area contributed by atoms with Gasteiger partial charge in [0.2, 0.25) is 6.79 Å². The third-order valence-electron chi connectivity index (χ3n) is 2.82. The van der Waals surface area contributed by atoms with E-state index in [-0.39, 0.29) is 23.8 Å². The van der Waals surface area contributed by atoms with E-state index in [2.05, 4.69) is 5.10 Å². The van der Waals surface area contributed by atoms with Crippen LogP contribution in [0.5, 0.6) is 11.5 Å². The van der Waals surface area contributed by atoms with Crippen LogP contribution < -0.4 is 9.47 Å². The Bertz CT molecular complexity index is 634. The van der Waals surface area contributed by atoms with Crippen molar-refractivity contribution in [1.29, 1.82) is 0 Å². The standard InChI is InChI=1S/C12H9F3N2O2/c1-7-5-16-17(11(7)12(13,14)15)8-3-2-4-9-10(8)19-6-18-9/h2-5H,6H2,1H3. The first kappa shape index (κ1) is 11.9. The van der Waals surface area contributed by atoms with Crippen LogP contribution in [0.1, 0.15) is 11.3 Å². The summed E-state index contributed by atoms with van der Waals surface area (Å²) in [6, 6.07) is 4.74. The minimum atomic E-state index is -4.48. The van der Waals surface area contributed by atoms with E-state index in [0.717, 1.165) is 4.68 Å². The van der Waals surface area contributed by atoms with Crippen LogP contribution in [0, 0.1) is 6.92 Å². The summed E-state index contributed by atoms with van der Waals surface area (Å²) in [4.78, 5) is 0. The van der Waals surface area contributed by atoms with Gasteiger partial charge in [-0.3, -0.25) is 0 Å². The summed E-state index contributed by atoms with van der Waals surface area (Å²) >= 11 is 0. The molecule has 0 unspecified atom stereocenters. The summed E-state index contributed by atoms with van der Waals surface area (Å²) in [5, 5.41) is 3.79. The molecule has 2 aromatic rings. The molecule has 1 aromatic carbocycles. The molecule has 0 N–H and O–H groups in total. The van der Waals surface area contributed by atoms with Crippen LogP contribution in [-0.4, -0.2) is 16.6 Å². The number of alkyl halides is 3. The molecule has 1 aliphatic heterocycles. The second kappa shape index (κ2) is 3.91. The number of nitrogens with zero attached hydrogens (tertiary/aromatic N) is 2. The number of ether oxygens (including phenoxy) is 2.